The van der Waals surface area contributed by atoms with Gasteiger partial charge < -0.3 is 24.0 Å². The second kappa shape index (κ2) is 10.8. The molecule has 2 aliphatic rings. The van der Waals surface area contributed by atoms with Gasteiger partial charge in [-0.3, -0.25) is 0 Å². The summed E-state index contributed by atoms with van der Waals surface area (Å²) in [6.45, 7) is 20.0. The van der Waals surface area contributed by atoms with Gasteiger partial charge >= 0.3 is 6.09 Å². The van der Waals surface area contributed by atoms with E-state index in [1.165, 1.54) is 0 Å². The SMILES string of the molecule is CC(C)(C)OC(=O)N[C@@H]([C@H]1COC(C)(C)O1)[C@H](C[C@H]1C[C@H]1O[Si](C)(C)C(C)(C)C)S(=O)(=O)c1ccccc1. The van der Waals surface area contributed by atoms with Crippen molar-refractivity contribution in [1.82, 2.24) is 5.32 Å². The third-order valence-corrected chi connectivity index (χ3v) is 14.3. The molecular formula is C28H47NO7SSi. The molecule has 8 nitrogen and oxygen atoms in total. The highest BCUT2D eigenvalue weighted by Gasteiger charge is 2.52. The average Bonchev–Trinajstić information content (AvgIpc) is 3.37. The molecule has 0 radical (unpaired) electrons. The average molecular weight is 570 g/mol. The number of ether oxygens (including phenoxy) is 3. The maximum atomic E-state index is 14.2. The van der Waals surface area contributed by atoms with Crippen LogP contribution in [0.25, 0.3) is 0 Å². The van der Waals surface area contributed by atoms with Crippen LogP contribution in [0.3, 0.4) is 0 Å². The lowest BCUT2D eigenvalue weighted by atomic mass is 10.0. The Hall–Kier alpha value is -1.46. The molecule has 216 valence electrons. The van der Waals surface area contributed by atoms with E-state index in [0.717, 1.165) is 6.42 Å². The highest BCUT2D eigenvalue weighted by Crippen LogP contribution is 2.47. The molecule has 1 aromatic carbocycles. The summed E-state index contributed by atoms with van der Waals surface area (Å²) in [6.07, 6.45) is -0.228. The molecular weight excluding hydrogens is 522 g/mol. The van der Waals surface area contributed by atoms with Gasteiger partial charge in [0, 0.05) is 6.10 Å². The first-order valence-corrected chi connectivity index (χ1v) is 18.0. The molecule has 1 heterocycles. The van der Waals surface area contributed by atoms with Gasteiger partial charge in [-0.2, -0.15) is 0 Å². The first kappa shape index (κ1) is 31.1. The minimum Gasteiger partial charge on any atom is -0.444 e. The highest BCUT2D eigenvalue weighted by molar-refractivity contribution is 7.92. The summed E-state index contributed by atoms with van der Waals surface area (Å²) in [7, 11) is -5.88. The van der Waals surface area contributed by atoms with Crippen molar-refractivity contribution >= 4 is 24.2 Å². The van der Waals surface area contributed by atoms with E-state index in [2.05, 4.69) is 39.2 Å². The van der Waals surface area contributed by atoms with Crippen molar-refractivity contribution in [3.05, 3.63) is 30.3 Å². The molecule has 1 aliphatic heterocycles. The van der Waals surface area contributed by atoms with Crippen LogP contribution in [0.15, 0.2) is 35.2 Å². The maximum Gasteiger partial charge on any atom is 0.408 e. The number of rotatable bonds is 9. The molecule has 5 atom stereocenters. The summed E-state index contributed by atoms with van der Waals surface area (Å²) < 4.78 is 52.4. The topological polar surface area (TPSA) is 100 Å². The zero-order valence-corrected chi connectivity index (χ0v) is 26.5. The highest BCUT2D eigenvalue weighted by atomic mass is 32.2. The largest absolute Gasteiger partial charge is 0.444 e. The molecule has 1 saturated carbocycles. The third kappa shape index (κ3) is 7.81. The van der Waals surface area contributed by atoms with E-state index < -0.39 is 53.0 Å². The van der Waals surface area contributed by atoms with Gasteiger partial charge in [-0.1, -0.05) is 39.0 Å². The van der Waals surface area contributed by atoms with Crippen molar-refractivity contribution in [3.63, 3.8) is 0 Å². The molecule has 10 heteroatoms. The Kier molecular flexibility index (Phi) is 8.86. The molecule has 0 bridgehead atoms. The Morgan fingerprint density at radius 3 is 2.24 bits per heavy atom. The molecule has 0 spiro atoms. The smallest absolute Gasteiger partial charge is 0.408 e. The zero-order valence-electron chi connectivity index (χ0n) is 24.7. The van der Waals surface area contributed by atoms with Crippen molar-refractivity contribution < 1.29 is 31.8 Å². The van der Waals surface area contributed by atoms with E-state index in [1.807, 2.05) is 0 Å². The summed E-state index contributed by atoms with van der Waals surface area (Å²) in [5.41, 5.74) is -0.743. The Balaban J connectivity index is 1.95. The van der Waals surface area contributed by atoms with Crippen LogP contribution < -0.4 is 5.32 Å². The minimum absolute atomic E-state index is 0.00345. The first-order valence-electron chi connectivity index (χ1n) is 13.5. The predicted octanol–water partition coefficient (Wildman–Crippen LogP) is 5.67. The number of sulfone groups is 1. The van der Waals surface area contributed by atoms with E-state index in [1.54, 1.807) is 65.0 Å². The maximum absolute atomic E-state index is 14.2. The number of nitrogens with one attached hydrogen (secondary N) is 1. The lowest BCUT2D eigenvalue weighted by Crippen LogP contribution is -2.55. The van der Waals surface area contributed by atoms with E-state index in [9.17, 15) is 13.2 Å². The van der Waals surface area contributed by atoms with Gasteiger partial charge in [0.05, 0.1) is 22.8 Å². The van der Waals surface area contributed by atoms with Crippen LogP contribution in [0.2, 0.25) is 18.1 Å². The molecule has 3 rings (SSSR count). The monoisotopic (exact) mass is 569 g/mol. The van der Waals surface area contributed by atoms with Crippen molar-refractivity contribution in [1.29, 1.82) is 0 Å². The summed E-state index contributed by atoms with van der Waals surface area (Å²) in [5, 5.41) is 1.96. The number of benzene rings is 1. The molecule has 0 aromatic heterocycles. The number of carbonyl (C=O) groups is 1. The molecule has 1 saturated heterocycles. The summed E-state index contributed by atoms with van der Waals surface area (Å²) >= 11 is 0. The quantitative estimate of drug-likeness (QED) is 0.382. The van der Waals surface area contributed by atoms with Crippen LogP contribution in [-0.4, -0.2) is 64.3 Å². The summed E-state index contributed by atoms with van der Waals surface area (Å²) in [6, 6.07) is 7.51. The second-order valence-corrected chi connectivity index (χ2v) is 20.5. The molecule has 38 heavy (non-hydrogen) atoms. The second-order valence-electron chi connectivity index (χ2n) is 13.6. The normalized spacial score (nSPS) is 25.5. The van der Waals surface area contributed by atoms with E-state index in [-0.39, 0.29) is 28.6 Å². The minimum atomic E-state index is -3.86. The Morgan fingerprint density at radius 2 is 1.74 bits per heavy atom. The number of amides is 1. The van der Waals surface area contributed by atoms with Crippen LogP contribution in [0.5, 0.6) is 0 Å². The van der Waals surface area contributed by atoms with Gasteiger partial charge in [0.15, 0.2) is 23.9 Å². The van der Waals surface area contributed by atoms with E-state index in [4.69, 9.17) is 18.6 Å². The van der Waals surface area contributed by atoms with Crippen molar-refractivity contribution in [2.45, 2.75) is 126 Å². The lowest BCUT2D eigenvalue weighted by molar-refractivity contribution is -0.141. The van der Waals surface area contributed by atoms with E-state index in [0.29, 0.717) is 6.42 Å². The molecule has 1 aromatic rings. The number of alkyl carbamates (subject to hydrolysis) is 1. The number of hydrogen-bond donors (Lipinski definition) is 1. The van der Waals surface area contributed by atoms with Crippen molar-refractivity contribution in [2.75, 3.05) is 6.61 Å². The van der Waals surface area contributed by atoms with Crippen LogP contribution >= 0.6 is 0 Å². The van der Waals surface area contributed by atoms with Crippen molar-refractivity contribution in [2.24, 2.45) is 5.92 Å². The third-order valence-electron chi connectivity index (χ3n) is 7.63. The van der Waals surface area contributed by atoms with Gasteiger partial charge in [-0.15, -0.1) is 0 Å². The van der Waals surface area contributed by atoms with Crippen LogP contribution in [0, 0.1) is 5.92 Å². The Bertz CT molecular complexity index is 1080. The van der Waals surface area contributed by atoms with E-state index >= 15 is 0 Å². The Morgan fingerprint density at radius 1 is 1.13 bits per heavy atom. The molecule has 1 aliphatic carbocycles. The van der Waals surface area contributed by atoms with Crippen molar-refractivity contribution in [3.8, 4) is 0 Å². The number of carbonyl (C=O) groups excluding carboxylic acids is 1. The van der Waals surface area contributed by atoms with Crippen LogP contribution in [0.1, 0.15) is 68.2 Å². The van der Waals surface area contributed by atoms with Crippen LogP contribution in [0.4, 0.5) is 4.79 Å². The fourth-order valence-electron chi connectivity index (χ4n) is 4.48. The van der Waals surface area contributed by atoms with Gasteiger partial charge in [-0.25, -0.2) is 13.2 Å². The first-order chi connectivity index (χ1) is 17.2. The van der Waals surface area contributed by atoms with Gasteiger partial charge in [-0.05, 0) is 83.6 Å². The number of hydrogen-bond acceptors (Lipinski definition) is 7. The fourth-order valence-corrected chi connectivity index (χ4v) is 7.89. The molecule has 1 N–H and O–H groups in total. The zero-order chi connectivity index (χ0) is 28.7. The molecule has 1 amide bonds. The summed E-state index contributed by atoms with van der Waals surface area (Å²) in [5.74, 6) is -0.835. The summed E-state index contributed by atoms with van der Waals surface area (Å²) in [4.78, 5) is 13.2. The van der Waals surface area contributed by atoms with Gasteiger partial charge in [0.25, 0.3) is 0 Å². The standard InChI is InChI=1S/C28H47NO7SSi/c1-26(2,3)35-25(30)29-24(22-18-33-28(7,8)34-22)23(37(31,32)20-14-12-11-13-15-20)17-19-16-21(19)36-38(9,10)27(4,5)6/h11-15,19,21-24H,16-18H2,1-10H3,(H,29,30)/t19-,21-,22-,23+,24+/m1/s1. The van der Waals surface area contributed by atoms with Gasteiger partial charge in [0.1, 0.15) is 11.7 Å². The molecule has 0 unspecified atom stereocenters. The van der Waals surface area contributed by atoms with Gasteiger partial charge in [0.2, 0.25) is 0 Å². The van der Waals surface area contributed by atoms with Crippen LogP contribution in [-0.2, 0) is 28.5 Å². The fraction of sp³-hybridized carbons (Fsp3) is 0.750. The lowest BCUT2D eigenvalue weighted by Gasteiger charge is -2.36. The Labute approximate surface area is 230 Å². The molecule has 2 fully saturated rings. The predicted molar refractivity (Wildman–Crippen MR) is 150 cm³/mol.